The fraction of sp³-hybridized carbons (Fsp3) is 0.533. The molecular formula is C15H21Cl3N2O. The van der Waals surface area contributed by atoms with Gasteiger partial charge in [-0.05, 0) is 50.9 Å². The summed E-state index contributed by atoms with van der Waals surface area (Å²) in [6.45, 7) is 4.56. The van der Waals surface area contributed by atoms with E-state index in [0.29, 0.717) is 34.6 Å². The highest BCUT2D eigenvalue weighted by atomic mass is 35.5. The molecule has 21 heavy (non-hydrogen) atoms. The number of amides is 1. The van der Waals surface area contributed by atoms with E-state index in [2.05, 4.69) is 5.32 Å². The lowest BCUT2D eigenvalue weighted by Gasteiger charge is -2.27. The third-order valence-electron chi connectivity index (χ3n) is 3.76. The largest absolute Gasteiger partial charge is 0.317 e. The smallest absolute Gasteiger partial charge is 0.227 e. The van der Waals surface area contributed by atoms with Crippen molar-refractivity contribution in [2.45, 2.75) is 26.2 Å². The Morgan fingerprint density at radius 1 is 1.33 bits per heavy atom. The van der Waals surface area contributed by atoms with Gasteiger partial charge in [-0.3, -0.25) is 4.79 Å². The number of carbonyl (C=O) groups is 1. The molecule has 1 amide bonds. The first-order chi connectivity index (χ1) is 9.63. The van der Waals surface area contributed by atoms with E-state index in [1.807, 2.05) is 19.1 Å². The van der Waals surface area contributed by atoms with Crippen LogP contribution in [-0.4, -0.2) is 25.5 Å². The summed E-state index contributed by atoms with van der Waals surface area (Å²) in [4.78, 5) is 14.2. The molecular weight excluding hydrogens is 331 g/mol. The van der Waals surface area contributed by atoms with Gasteiger partial charge in [0, 0.05) is 13.0 Å². The van der Waals surface area contributed by atoms with E-state index in [4.69, 9.17) is 23.2 Å². The molecule has 0 unspecified atom stereocenters. The van der Waals surface area contributed by atoms with E-state index < -0.39 is 0 Å². The number of nitrogens with one attached hydrogen (secondary N) is 1. The second-order valence-electron chi connectivity index (χ2n) is 5.11. The van der Waals surface area contributed by atoms with E-state index in [0.717, 1.165) is 25.9 Å². The Balaban J connectivity index is 0.00000220. The summed E-state index contributed by atoms with van der Waals surface area (Å²) in [6, 6.07) is 5.40. The quantitative estimate of drug-likeness (QED) is 0.883. The van der Waals surface area contributed by atoms with Crippen molar-refractivity contribution in [3.05, 3.63) is 28.2 Å². The third-order valence-corrected chi connectivity index (χ3v) is 4.57. The lowest BCUT2D eigenvalue weighted by molar-refractivity contribution is -0.119. The Hall–Kier alpha value is -0.480. The number of nitrogens with zero attached hydrogens (tertiary/aromatic N) is 1. The van der Waals surface area contributed by atoms with Crippen LogP contribution in [0.5, 0.6) is 0 Å². The van der Waals surface area contributed by atoms with Crippen LogP contribution in [0.2, 0.25) is 10.0 Å². The Labute approximate surface area is 142 Å². The first-order valence-electron chi connectivity index (χ1n) is 7.08. The number of carbonyl (C=O) groups excluding carboxylic acids is 1. The Morgan fingerprint density at radius 3 is 2.62 bits per heavy atom. The molecule has 118 valence electrons. The normalized spacial score (nSPS) is 15.4. The first kappa shape index (κ1) is 18.6. The number of anilines is 1. The highest BCUT2D eigenvalue weighted by molar-refractivity contribution is 6.44. The van der Waals surface area contributed by atoms with E-state index in [9.17, 15) is 4.79 Å². The summed E-state index contributed by atoms with van der Waals surface area (Å²) in [5.74, 6) is 0.597. The molecule has 1 heterocycles. The number of piperidine rings is 1. The van der Waals surface area contributed by atoms with Crippen LogP contribution in [0.1, 0.15) is 26.2 Å². The summed E-state index contributed by atoms with van der Waals surface area (Å²) >= 11 is 12.3. The molecule has 1 aliphatic heterocycles. The maximum Gasteiger partial charge on any atom is 0.227 e. The highest BCUT2D eigenvalue weighted by Crippen LogP contribution is 2.33. The van der Waals surface area contributed by atoms with Crippen molar-refractivity contribution >= 4 is 47.2 Å². The zero-order valence-electron chi connectivity index (χ0n) is 12.1. The molecule has 0 atom stereocenters. The van der Waals surface area contributed by atoms with Gasteiger partial charge in [0.25, 0.3) is 0 Å². The number of hydrogen-bond acceptors (Lipinski definition) is 2. The maximum absolute atomic E-state index is 12.5. The minimum atomic E-state index is 0. The SMILES string of the molecule is CCN(C(=O)CC1CCNCC1)c1cccc(Cl)c1Cl.Cl. The van der Waals surface area contributed by atoms with Gasteiger partial charge in [-0.15, -0.1) is 12.4 Å². The molecule has 6 heteroatoms. The molecule has 0 bridgehead atoms. The van der Waals surface area contributed by atoms with Gasteiger partial charge in [-0.2, -0.15) is 0 Å². The second-order valence-corrected chi connectivity index (χ2v) is 5.89. The first-order valence-corrected chi connectivity index (χ1v) is 7.84. The summed E-state index contributed by atoms with van der Waals surface area (Å²) in [5, 5.41) is 4.25. The molecule has 2 rings (SSSR count). The number of halogens is 3. The zero-order valence-corrected chi connectivity index (χ0v) is 14.4. The van der Waals surface area contributed by atoms with Crippen LogP contribution >= 0.6 is 35.6 Å². The summed E-state index contributed by atoms with van der Waals surface area (Å²) in [6.07, 6.45) is 2.71. The lowest BCUT2D eigenvalue weighted by atomic mass is 9.94. The highest BCUT2D eigenvalue weighted by Gasteiger charge is 2.22. The fourth-order valence-corrected chi connectivity index (χ4v) is 3.02. The van der Waals surface area contributed by atoms with Crippen LogP contribution in [0.15, 0.2) is 18.2 Å². The topological polar surface area (TPSA) is 32.3 Å². The van der Waals surface area contributed by atoms with E-state index >= 15 is 0 Å². The number of benzene rings is 1. The molecule has 0 radical (unpaired) electrons. The molecule has 1 aliphatic rings. The van der Waals surface area contributed by atoms with Crippen molar-refractivity contribution in [1.29, 1.82) is 0 Å². The fourth-order valence-electron chi connectivity index (χ4n) is 2.62. The molecule has 0 aromatic heterocycles. The minimum absolute atomic E-state index is 0. The number of hydrogen-bond donors (Lipinski definition) is 1. The monoisotopic (exact) mass is 350 g/mol. The second kappa shape index (κ2) is 8.84. The third kappa shape index (κ3) is 4.75. The summed E-state index contributed by atoms with van der Waals surface area (Å²) < 4.78 is 0. The Kier molecular flexibility index (Phi) is 7.82. The zero-order chi connectivity index (χ0) is 14.5. The van der Waals surface area contributed by atoms with Gasteiger partial charge >= 0.3 is 0 Å². The van der Waals surface area contributed by atoms with Crippen molar-refractivity contribution in [3.63, 3.8) is 0 Å². The average Bonchev–Trinajstić information content (AvgIpc) is 2.45. The van der Waals surface area contributed by atoms with Crippen molar-refractivity contribution < 1.29 is 4.79 Å². The van der Waals surface area contributed by atoms with Crippen LogP contribution < -0.4 is 10.2 Å². The van der Waals surface area contributed by atoms with Gasteiger partial charge < -0.3 is 10.2 Å². The van der Waals surface area contributed by atoms with E-state index in [1.54, 1.807) is 11.0 Å². The maximum atomic E-state index is 12.5. The van der Waals surface area contributed by atoms with Crippen LogP contribution in [0.25, 0.3) is 0 Å². The van der Waals surface area contributed by atoms with Crippen LogP contribution in [0, 0.1) is 5.92 Å². The Morgan fingerprint density at radius 2 is 2.00 bits per heavy atom. The van der Waals surface area contributed by atoms with Crippen LogP contribution in [0.4, 0.5) is 5.69 Å². The standard InChI is InChI=1S/C15H20Cl2N2O.ClH/c1-2-19(13-5-3-4-12(16)15(13)17)14(20)10-11-6-8-18-9-7-11;/h3-5,11,18H,2,6-10H2,1H3;1H. The molecule has 1 aromatic carbocycles. The molecule has 1 aromatic rings. The van der Waals surface area contributed by atoms with Crippen molar-refractivity contribution in [3.8, 4) is 0 Å². The molecule has 1 N–H and O–H groups in total. The van der Waals surface area contributed by atoms with Crippen LogP contribution in [0.3, 0.4) is 0 Å². The lowest BCUT2D eigenvalue weighted by Crippen LogP contribution is -2.35. The van der Waals surface area contributed by atoms with Gasteiger partial charge in [0.15, 0.2) is 0 Å². The molecule has 1 fully saturated rings. The van der Waals surface area contributed by atoms with Gasteiger partial charge in [0.1, 0.15) is 0 Å². The van der Waals surface area contributed by atoms with Crippen molar-refractivity contribution in [2.75, 3.05) is 24.5 Å². The summed E-state index contributed by atoms with van der Waals surface area (Å²) in [5.41, 5.74) is 0.709. The number of rotatable bonds is 4. The molecule has 0 saturated carbocycles. The van der Waals surface area contributed by atoms with Gasteiger partial charge in [0.05, 0.1) is 15.7 Å². The predicted octanol–water partition coefficient (Wildman–Crippen LogP) is 4.16. The van der Waals surface area contributed by atoms with E-state index in [1.165, 1.54) is 0 Å². The van der Waals surface area contributed by atoms with Gasteiger partial charge in [0.2, 0.25) is 5.91 Å². The molecule has 0 spiro atoms. The minimum Gasteiger partial charge on any atom is -0.317 e. The molecule has 3 nitrogen and oxygen atoms in total. The average molecular weight is 352 g/mol. The molecule has 0 aliphatic carbocycles. The van der Waals surface area contributed by atoms with Crippen molar-refractivity contribution in [2.24, 2.45) is 5.92 Å². The predicted molar refractivity (Wildman–Crippen MR) is 91.9 cm³/mol. The van der Waals surface area contributed by atoms with E-state index in [-0.39, 0.29) is 18.3 Å². The van der Waals surface area contributed by atoms with Crippen LogP contribution in [-0.2, 0) is 4.79 Å². The van der Waals surface area contributed by atoms with Gasteiger partial charge in [-0.1, -0.05) is 29.3 Å². The molecule has 1 saturated heterocycles. The van der Waals surface area contributed by atoms with Gasteiger partial charge in [-0.25, -0.2) is 0 Å². The Bertz CT molecular complexity index is 476. The van der Waals surface area contributed by atoms with Crippen molar-refractivity contribution in [1.82, 2.24) is 5.32 Å². The summed E-state index contributed by atoms with van der Waals surface area (Å²) in [7, 11) is 0.